The number of carbonyl (C=O) groups excluding carboxylic acids is 2. The molecule has 0 unspecified atom stereocenters. The summed E-state index contributed by atoms with van der Waals surface area (Å²) in [6.45, 7) is 9.78. The smallest absolute Gasteiger partial charge is 0.265 e. The van der Waals surface area contributed by atoms with Crippen LogP contribution in [0.4, 0.5) is 0 Å². The number of nitrogens with zero attached hydrogens (tertiary/aromatic N) is 2. The van der Waals surface area contributed by atoms with E-state index in [9.17, 15) is 9.59 Å². The molecule has 2 amide bonds. The maximum atomic E-state index is 12.7. The summed E-state index contributed by atoms with van der Waals surface area (Å²) in [5, 5.41) is 3.29. The van der Waals surface area contributed by atoms with Crippen LogP contribution in [0.2, 0.25) is 5.02 Å². The van der Waals surface area contributed by atoms with Gasteiger partial charge in [-0.15, -0.1) is 6.58 Å². The second kappa shape index (κ2) is 7.73. The molecule has 0 spiro atoms. The van der Waals surface area contributed by atoms with Crippen LogP contribution in [-0.4, -0.2) is 32.9 Å². The van der Waals surface area contributed by atoms with E-state index < -0.39 is 11.8 Å². The highest BCUT2D eigenvalue weighted by Gasteiger charge is 2.32. The topological polar surface area (TPSA) is 54.3 Å². The van der Waals surface area contributed by atoms with E-state index in [0.29, 0.717) is 5.02 Å². The van der Waals surface area contributed by atoms with Crippen molar-refractivity contribution in [3.8, 4) is 5.69 Å². The minimum Gasteiger partial charge on any atom is -0.318 e. The highest BCUT2D eigenvalue weighted by Crippen LogP contribution is 2.27. The summed E-state index contributed by atoms with van der Waals surface area (Å²) in [5.74, 6) is -0.934. The fourth-order valence-electron chi connectivity index (χ4n) is 3.27. The molecule has 0 bridgehead atoms. The van der Waals surface area contributed by atoms with Gasteiger partial charge in [0.25, 0.3) is 11.8 Å². The first-order valence-electron chi connectivity index (χ1n) is 8.69. The minimum absolute atomic E-state index is 0.0403. The van der Waals surface area contributed by atoms with Gasteiger partial charge in [0.1, 0.15) is 5.57 Å². The molecule has 3 rings (SSSR count). The Hall–Kier alpha value is -2.70. The molecule has 1 aromatic carbocycles. The summed E-state index contributed by atoms with van der Waals surface area (Å²) in [7, 11) is 0. The van der Waals surface area contributed by atoms with Gasteiger partial charge in [-0.25, -0.2) is 0 Å². The second-order valence-corrected chi connectivity index (χ2v) is 7.44. The van der Waals surface area contributed by atoms with E-state index in [1.807, 2.05) is 45.0 Å². The third kappa shape index (κ3) is 3.53. The Bertz CT molecular complexity index is 1050. The van der Waals surface area contributed by atoms with Crippen LogP contribution >= 0.6 is 23.8 Å². The van der Waals surface area contributed by atoms with Crippen LogP contribution in [0.5, 0.6) is 0 Å². The van der Waals surface area contributed by atoms with E-state index in [1.54, 1.807) is 12.2 Å². The van der Waals surface area contributed by atoms with Gasteiger partial charge in [0, 0.05) is 28.6 Å². The lowest BCUT2D eigenvalue weighted by molar-refractivity contribution is -0.128. The molecular formula is C21H20ClN3O2S. The zero-order valence-electron chi connectivity index (χ0n) is 15.9. The molecule has 0 radical (unpaired) electrons. The summed E-state index contributed by atoms with van der Waals surface area (Å²) >= 11 is 11.3. The lowest BCUT2D eigenvalue weighted by Crippen LogP contribution is -2.53. The van der Waals surface area contributed by atoms with E-state index >= 15 is 0 Å². The van der Waals surface area contributed by atoms with E-state index in [1.165, 1.54) is 4.90 Å². The number of carbonyl (C=O) groups is 2. The first-order valence-corrected chi connectivity index (χ1v) is 9.48. The van der Waals surface area contributed by atoms with Crippen LogP contribution in [0.25, 0.3) is 11.8 Å². The van der Waals surface area contributed by atoms with Gasteiger partial charge >= 0.3 is 0 Å². The van der Waals surface area contributed by atoms with Crippen molar-refractivity contribution in [2.45, 2.75) is 20.8 Å². The molecular weight excluding hydrogens is 394 g/mol. The van der Waals surface area contributed by atoms with E-state index in [2.05, 4.69) is 16.5 Å². The number of halogens is 1. The van der Waals surface area contributed by atoms with Crippen molar-refractivity contribution in [1.29, 1.82) is 0 Å². The lowest BCUT2D eigenvalue weighted by Gasteiger charge is -2.27. The molecule has 1 saturated heterocycles. The van der Waals surface area contributed by atoms with Gasteiger partial charge in [-0.3, -0.25) is 19.8 Å². The second-order valence-electron chi connectivity index (χ2n) is 6.61. The molecule has 1 aromatic heterocycles. The third-order valence-corrected chi connectivity index (χ3v) is 5.24. The number of aryl methyl sites for hydroxylation is 2. The largest absolute Gasteiger partial charge is 0.318 e. The Balaban J connectivity index is 2.09. The number of aromatic nitrogens is 1. The highest BCUT2D eigenvalue weighted by atomic mass is 35.5. The normalized spacial score (nSPS) is 15.9. The maximum absolute atomic E-state index is 12.7. The minimum atomic E-state index is -0.501. The first kappa shape index (κ1) is 20.0. The fourth-order valence-corrected chi connectivity index (χ4v) is 3.69. The number of hydrogen-bond donors (Lipinski definition) is 1. The SMILES string of the molecule is C=CCN1C(=O)/C(=C/c2cc(C)n(-c3cc(Cl)ccc3C)c2C)C(=O)NC1=S. The zero-order chi connectivity index (χ0) is 20.6. The molecule has 5 nitrogen and oxygen atoms in total. The Morgan fingerprint density at radius 1 is 1.21 bits per heavy atom. The molecule has 1 aliphatic heterocycles. The van der Waals surface area contributed by atoms with Crippen molar-refractivity contribution in [3.05, 3.63) is 70.0 Å². The predicted molar refractivity (Wildman–Crippen MR) is 116 cm³/mol. The summed E-state index contributed by atoms with van der Waals surface area (Å²) in [5.41, 5.74) is 4.72. The highest BCUT2D eigenvalue weighted by molar-refractivity contribution is 7.80. The molecule has 2 heterocycles. The summed E-state index contributed by atoms with van der Waals surface area (Å²) < 4.78 is 2.06. The van der Waals surface area contributed by atoms with Crippen molar-refractivity contribution >= 4 is 46.8 Å². The Kier molecular flexibility index (Phi) is 5.54. The van der Waals surface area contributed by atoms with Crippen LogP contribution in [-0.2, 0) is 9.59 Å². The number of hydrogen-bond acceptors (Lipinski definition) is 3. The predicted octanol–water partition coefficient (Wildman–Crippen LogP) is 3.87. The molecule has 0 aliphatic carbocycles. The number of benzene rings is 1. The van der Waals surface area contributed by atoms with E-state index in [4.69, 9.17) is 23.8 Å². The van der Waals surface area contributed by atoms with Crippen LogP contribution in [0.15, 0.2) is 42.5 Å². The Labute approximate surface area is 174 Å². The van der Waals surface area contributed by atoms with Crippen molar-refractivity contribution in [2.75, 3.05) is 6.54 Å². The molecule has 0 saturated carbocycles. The summed E-state index contributed by atoms with van der Waals surface area (Å²) in [4.78, 5) is 26.4. The van der Waals surface area contributed by atoms with E-state index in [0.717, 1.165) is 28.2 Å². The van der Waals surface area contributed by atoms with Gasteiger partial charge in [-0.1, -0.05) is 23.7 Å². The van der Waals surface area contributed by atoms with Crippen LogP contribution < -0.4 is 5.32 Å². The fraction of sp³-hybridized carbons (Fsp3) is 0.190. The van der Waals surface area contributed by atoms with Crippen LogP contribution in [0, 0.1) is 20.8 Å². The maximum Gasteiger partial charge on any atom is 0.265 e. The standard InChI is InChI=1S/C21H20ClN3O2S/c1-5-8-24-20(27)17(19(26)23-21(24)28)10-15-9-13(3)25(14(15)4)18-11-16(22)7-6-12(18)2/h5-7,9-11H,1,8H2,2-4H3,(H,23,26,28)/b17-10+. The van der Waals surface area contributed by atoms with Gasteiger partial charge in [0.15, 0.2) is 5.11 Å². The van der Waals surface area contributed by atoms with Crippen molar-refractivity contribution in [1.82, 2.24) is 14.8 Å². The van der Waals surface area contributed by atoms with Crippen molar-refractivity contribution in [2.24, 2.45) is 0 Å². The lowest BCUT2D eigenvalue weighted by atomic mass is 10.1. The number of nitrogens with one attached hydrogen (secondary N) is 1. The number of rotatable bonds is 4. The molecule has 1 fully saturated rings. The summed E-state index contributed by atoms with van der Waals surface area (Å²) in [6, 6.07) is 7.64. The third-order valence-electron chi connectivity index (χ3n) is 4.68. The molecule has 144 valence electrons. The monoisotopic (exact) mass is 413 g/mol. The number of amides is 2. The molecule has 28 heavy (non-hydrogen) atoms. The first-order chi connectivity index (χ1) is 13.2. The Morgan fingerprint density at radius 2 is 1.93 bits per heavy atom. The quantitative estimate of drug-likeness (QED) is 0.358. The zero-order valence-corrected chi connectivity index (χ0v) is 17.4. The summed E-state index contributed by atoms with van der Waals surface area (Å²) in [6.07, 6.45) is 3.17. The van der Waals surface area contributed by atoms with Crippen molar-refractivity contribution in [3.63, 3.8) is 0 Å². The molecule has 1 aliphatic rings. The average Bonchev–Trinajstić information content (AvgIpc) is 2.91. The molecule has 7 heteroatoms. The number of thiocarbonyl (C=S) groups is 1. The Morgan fingerprint density at radius 3 is 2.61 bits per heavy atom. The van der Waals surface area contributed by atoms with Gasteiger partial charge in [0.05, 0.1) is 0 Å². The van der Waals surface area contributed by atoms with Gasteiger partial charge in [-0.05, 0) is 68.4 Å². The van der Waals surface area contributed by atoms with Crippen LogP contribution in [0.3, 0.4) is 0 Å². The average molecular weight is 414 g/mol. The molecule has 0 atom stereocenters. The van der Waals surface area contributed by atoms with Crippen molar-refractivity contribution < 1.29 is 9.59 Å². The van der Waals surface area contributed by atoms with E-state index in [-0.39, 0.29) is 17.2 Å². The van der Waals surface area contributed by atoms with Gasteiger partial charge < -0.3 is 4.57 Å². The molecule has 2 aromatic rings. The van der Waals surface area contributed by atoms with Crippen LogP contribution in [0.1, 0.15) is 22.5 Å². The molecule has 1 N–H and O–H groups in total. The van der Waals surface area contributed by atoms with Gasteiger partial charge in [-0.2, -0.15) is 0 Å². The van der Waals surface area contributed by atoms with Gasteiger partial charge in [0.2, 0.25) is 0 Å².